The maximum atomic E-state index is 12.2. The zero-order valence-electron chi connectivity index (χ0n) is 12.5. The van der Waals surface area contributed by atoms with Gasteiger partial charge < -0.3 is 16.0 Å². The van der Waals surface area contributed by atoms with Gasteiger partial charge in [-0.05, 0) is 43.7 Å². The standard InChI is InChI=1S/C15H22N4O.2ClH/c16-9-13(11-3-4-11)18-15(20)12-5-6-14(17-10-12)19-7-1-2-8-19;;/h5-6,10-11,13H,1-4,7-9,16H2,(H,18,20);2*1H. The maximum Gasteiger partial charge on any atom is 0.253 e. The number of amides is 1. The number of hydrogen-bond acceptors (Lipinski definition) is 4. The van der Waals surface area contributed by atoms with Crippen LogP contribution >= 0.6 is 24.8 Å². The zero-order chi connectivity index (χ0) is 13.9. The third-order valence-corrected chi connectivity index (χ3v) is 4.20. The lowest BCUT2D eigenvalue weighted by atomic mass is 10.1. The third-order valence-electron chi connectivity index (χ3n) is 4.20. The molecule has 2 fully saturated rings. The van der Waals surface area contributed by atoms with Crippen molar-refractivity contribution < 1.29 is 4.79 Å². The molecular weight excluding hydrogens is 323 g/mol. The highest BCUT2D eigenvalue weighted by Crippen LogP contribution is 2.32. The molecule has 0 bridgehead atoms. The topological polar surface area (TPSA) is 71.2 Å². The molecule has 1 aliphatic heterocycles. The molecule has 3 rings (SSSR count). The van der Waals surface area contributed by atoms with E-state index in [1.165, 1.54) is 25.7 Å². The first kappa shape index (κ1) is 19.0. The molecule has 2 aliphatic rings. The second kappa shape index (κ2) is 8.56. The fourth-order valence-electron chi connectivity index (χ4n) is 2.77. The Kier molecular flexibility index (Phi) is 7.39. The van der Waals surface area contributed by atoms with Crippen LogP contribution in [0, 0.1) is 5.92 Å². The third kappa shape index (κ3) is 4.48. The monoisotopic (exact) mass is 346 g/mol. The van der Waals surface area contributed by atoms with Crippen molar-refractivity contribution in [2.75, 3.05) is 24.5 Å². The van der Waals surface area contributed by atoms with E-state index in [-0.39, 0.29) is 36.8 Å². The molecule has 5 nitrogen and oxygen atoms in total. The van der Waals surface area contributed by atoms with Gasteiger partial charge in [-0.1, -0.05) is 0 Å². The van der Waals surface area contributed by atoms with Gasteiger partial charge in [-0.15, -0.1) is 24.8 Å². The molecule has 124 valence electrons. The molecule has 1 aromatic rings. The number of carbonyl (C=O) groups excluding carboxylic acids is 1. The van der Waals surface area contributed by atoms with E-state index in [9.17, 15) is 4.79 Å². The van der Waals surface area contributed by atoms with Crippen molar-refractivity contribution in [3.63, 3.8) is 0 Å². The van der Waals surface area contributed by atoms with E-state index in [0.717, 1.165) is 18.9 Å². The Hall–Kier alpha value is -1.04. The van der Waals surface area contributed by atoms with Gasteiger partial charge in [0.25, 0.3) is 5.91 Å². The number of nitrogens with two attached hydrogens (primary N) is 1. The van der Waals surface area contributed by atoms with Crippen molar-refractivity contribution >= 4 is 36.5 Å². The zero-order valence-corrected chi connectivity index (χ0v) is 14.2. The van der Waals surface area contributed by atoms with Gasteiger partial charge in [-0.2, -0.15) is 0 Å². The minimum absolute atomic E-state index is 0. The second-order valence-electron chi connectivity index (χ2n) is 5.75. The highest BCUT2D eigenvalue weighted by molar-refractivity contribution is 5.94. The number of nitrogens with one attached hydrogen (secondary N) is 1. The molecule has 1 amide bonds. The van der Waals surface area contributed by atoms with Gasteiger partial charge in [0.1, 0.15) is 5.82 Å². The Labute approximate surface area is 143 Å². The molecular formula is C15H24Cl2N4O. The summed E-state index contributed by atoms with van der Waals surface area (Å²) >= 11 is 0. The quantitative estimate of drug-likeness (QED) is 0.855. The molecule has 1 aliphatic carbocycles. The van der Waals surface area contributed by atoms with Crippen LogP contribution in [0.5, 0.6) is 0 Å². The summed E-state index contributed by atoms with van der Waals surface area (Å²) in [5.74, 6) is 1.48. The highest BCUT2D eigenvalue weighted by atomic mass is 35.5. The van der Waals surface area contributed by atoms with Crippen LogP contribution in [0.25, 0.3) is 0 Å². The van der Waals surface area contributed by atoms with Crippen molar-refractivity contribution in [3.8, 4) is 0 Å². The molecule has 1 atom stereocenters. The van der Waals surface area contributed by atoms with E-state index in [2.05, 4.69) is 15.2 Å². The van der Waals surface area contributed by atoms with Crippen LogP contribution < -0.4 is 16.0 Å². The molecule has 0 spiro atoms. The predicted octanol–water partition coefficient (Wildman–Crippen LogP) is 1.99. The lowest BCUT2D eigenvalue weighted by Crippen LogP contribution is -2.41. The van der Waals surface area contributed by atoms with E-state index in [1.54, 1.807) is 6.20 Å². The molecule has 22 heavy (non-hydrogen) atoms. The van der Waals surface area contributed by atoms with Crippen LogP contribution in [-0.2, 0) is 0 Å². The van der Waals surface area contributed by atoms with E-state index in [0.29, 0.717) is 18.0 Å². The van der Waals surface area contributed by atoms with E-state index < -0.39 is 0 Å². The molecule has 1 saturated heterocycles. The Morgan fingerprint density at radius 3 is 2.50 bits per heavy atom. The van der Waals surface area contributed by atoms with E-state index in [4.69, 9.17) is 5.73 Å². The summed E-state index contributed by atoms with van der Waals surface area (Å²) < 4.78 is 0. The SMILES string of the molecule is Cl.Cl.NCC(NC(=O)c1ccc(N2CCCC2)nc1)C1CC1. The summed E-state index contributed by atoms with van der Waals surface area (Å²) in [7, 11) is 0. The average molecular weight is 347 g/mol. The van der Waals surface area contributed by atoms with Gasteiger partial charge in [0, 0.05) is 31.9 Å². The minimum Gasteiger partial charge on any atom is -0.357 e. The van der Waals surface area contributed by atoms with Gasteiger partial charge in [-0.3, -0.25) is 4.79 Å². The van der Waals surface area contributed by atoms with Crippen LogP contribution in [0.3, 0.4) is 0 Å². The predicted molar refractivity (Wildman–Crippen MR) is 93.2 cm³/mol. The first-order chi connectivity index (χ1) is 9.78. The Morgan fingerprint density at radius 2 is 2.00 bits per heavy atom. The highest BCUT2D eigenvalue weighted by Gasteiger charge is 2.31. The van der Waals surface area contributed by atoms with Crippen molar-refractivity contribution in [1.29, 1.82) is 0 Å². The van der Waals surface area contributed by atoms with Gasteiger partial charge in [-0.25, -0.2) is 4.98 Å². The van der Waals surface area contributed by atoms with Crippen LogP contribution in [0.2, 0.25) is 0 Å². The smallest absolute Gasteiger partial charge is 0.253 e. The number of hydrogen-bond donors (Lipinski definition) is 2. The number of anilines is 1. The molecule has 2 heterocycles. The van der Waals surface area contributed by atoms with Crippen molar-refractivity contribution in [3.05, 3.63) is 23.9 Å². The van der Waals surface area contributed by atoms with Crippen LogP contribution in [0.15, 0.2) is 18.3 Å². The van der Waals surface area contributed by atoms with Gasteiger partial charge in [0.05, 0.1) is 5.56 Å². The van der Waals surface area contributed by atoms with Gasteiger partial charge >= 0.3 is 0 Å². The van der Waals surface area contributed by atoms with E-state index >= 15 is 0 Å². The Bertz CT molecular complexity index is 473. The molecule has 3 N–H and O–H groups in total. The summed E-state index contributed by atoms with van der Waals surface area (Å²) in [6, 6.07) is 3.91. The van der Waals surface area contributed by atoms with Gasteiger partial charge in [0.15, 0.2) is 0 Å². The number of nitrogens with zero attached hydrogens (tertiary/aromatic N) is 2. The first-order valence-corrected chi connectivity index (χ1v) is 7.50. The number of carbonyl (C=O) groups is 1. The van der Waals surface area contributed by atoms with Crippen molar-refractivity contribution in [2.24, 2.45) is 11.7 Å². The van der Waals surface area contributed by atoms with Crippen molar-refractivity contribution in [2.45, 2.75) is 31.7 Å². The number of pyridine rings is 1. The van der Waals surface area contributed by atoms with Crippen LogP contribution in [0.1, 0.15) is 36.0 Å². The fourth-order valence-corrected chi connectivity index (χ4v) is 2.77. The summed E-state index contributed by atoms with van der Waals surface area (Å²) in [5, 5.41) is 3.02. The number of aromatic nitrogens is 1. The maximum absolute atomic E-state index is 12.2. The molecule has 1 saturated carbocycles. The lowest BCUT2D eigenvalue weighted by molar-refractivity contribution is 0.0933. The van der Waals surface area contributed by atoms with Crippen LogP contribution in [-0.4, -0.2) is 36.6 Å². The fraction of sp³-hybridized carbons (Fsp3) is 0.600. The van der Waals surface area contributed by atoms with Crippen molar-refractivity contribution in [1.82, 2.24) is 10.3 Å². The first-order valence-electron chi connectivity index (χ1n) is 7.50. The summed E-state index contributed by atoms with van der Waals surface area (Å²) in [6.45, 7) is 2.64. The summed E-state index contributed by atoms with van der Waals surface area (Å²) in [5.41, 5.74) is 6.33. The van der Waals surface area contributed by atoms with Gasteiger partial charge in [0.2, 0.25) is 0 Å². The molecule has 1 aromatic heterocycles. The average Bonchev–Trinajstić information content (AvgIpc) is 3.18. The summed E-state index contributed by atoms with van der Waals surface area (Å²) in [6.07, 6.45) is 6.47. The molecule has 1 unspecified atom stereocenters. The second-order valence-corrected chi connectivity index (χ2v) is 5.75. The van der Waals surface area contributed by atoms with E-state index in [1.807, 2.05) is 12.1 Å². The molecule has 7 heteroatoms. The lowest BCUT2D eigenvalue weighted by Gasteiger charge is -2.18. The summed E-state index contributed by atoms with van der Waals surface area (Å²) in [4.78, 5) is 18.8. The molecule has 0 radical (unpaired) electrons. The number of halogens is 2. The van der Waals surface area contributed by atoms with Crippen LogP contribution in [0.4, 0.5) is 5.82 Å². The minimum atomic E-state index is -0.0622. The molecule has 0 aromatic carbocycles. The Balaban J connectivity index is 0.00000121. The Morgan fingerprint density at radius 1 is 1.32 bits per heavy atom. The largest absolute Gasteiger partial charge is 0.357 e. The normalized spacial score (nSPS) is 18.1. The number of rotatable bonds is 5.